The second-order valence-corrected chi connectivity index (χ2v) is 2.12. The van der Waals surface area contributed by atoms with Crippen LogP contribution < -0.4 is 10.2 Å². The van der Waals surface area contributed by atoms with Gasteiger partial charge in [0.05, 0.1) is 11.9 Å². The Morgan fingerprint density at radius 3 is 1.46 bits per heavy atom. The van der Waals surface area contributed by atoms with Crippen molar-refractivity contribution in [2.75, 3.05) is 0 Å². The SMILES string of the molecule is O=C([O-])c1ccccc1C(=O)[O-].[Tb+3]. The molecule has 0 unspecified atom stereocenters. The molecule has 0 spiro atoms. The van der Waals surface area contributed by atoms with Gasteiger partial charge in [-0.15, -0.1) is 0 Å². The zero-order chi connectivity index (χ0) is 9.14. The minimum absolute atomic E-state index is 0. The van der Waals surface area contributed by atoms with Gasteiger partial charge in [0.2, 0.25) is 0 Å². The third kappa shape index (κ3) is 3.00. The van der Waals surface area contributed by atoms with E-state index >= 15 is 0 Å². The van der Waals surface area contributed by atoms with E-state index in [0.717, 1.165) is 12.1 Å². The normalized spacial score (nSPS) is 8.62. The summed E-state index contributed by atoms with van der Waals surface area (Å²) in [6, 6.07) is 5.14. The Kier molecular flexibility index (Phi) is 5.01. The summed E-state index contributed by atoms with van der Waals surface area (Å²) in [6.45, 7) is 0. The maximum Gasteiger partial charge on any atom is 3.00 e. The molecule has 0 aromatic heterocycles. The number of rotatable bonds is 2. The van der Waals surface area contributed by atoms with Gasteiger partial charge in [0.15, 0.2) is 0 Å². The summed E-state index contributed by atoms with van der Waals surface area (Å²) < 4.78 is 0. The molecule has 68 valence electrons. The molecular weight excluding hydrogens is 319 g/mol. The number of hydrogen-bond donors (Lipinski definition) is 0. The number of hydrogen-bond acceptors (Lipinski definition) is 4. The van der Waals surface area contributed by atoms with Crippen LogP contribution in [0.15, 0.2) is 24.3 Å². The van der Waals surface area contributed by atoms with Gasteiger partial charge in [-0.2, -0.15) is 0 Å². The molecule has 0 fully saturated rings. The Balaban J connectivity index is 0.00000144. The minimum atomic E-state index is -1.52. The first-order chi connectivity index (χ1) is 5.63. The van der Waals surface area contributed by atoms with Crippen LogP contribution in [-0.4, -0.2) is 11.9 Å². The predicted octanol–water partition coefficient (Wildman–Crippen LogP) is -1.59. The van der Waals surface area contributed by atoms with Crippen molar-refractivity contribution in [1.29, 1.82) is 0 Å². The summed E-state index contributed by atoms with van der Waals surface area (Å²) in [5.41, 5.74) is -0.727. The first-order valence-corrected chi connectivity index (χ1v) is 3.14. The van der Waals surface area contributed by atoms with E-state index in [0.29, 0.717) is 0 Å². The largest absolute Gasteiger partial charge is 3.00 e. The maximum atomic E-state index is 10.3. The Morgan fingerprint density at radius 2 is 1.23 bits per heavy atom. The molecule has 5 heteroatoms. The molecule has 0 heterocycles. The molecule has 0 N–H and O–H groups in total. The molecule has 0 bridgehead atoms. The van der Waals surface area contributed by atoms with Crippen LogP contribution in [0.2, 0.25) is 0 Å². The summed E-state index contributed by atoms with van der Waals surface area (Å²) in [6.07, 6.45) is 0. The first kappa shape index (κ1) is 12.4. The fourth-order valence-electron chi connectivity index (χ4n) is 0.839. The predicted molar refractivity (Wildman–Crippen MR) is 35.1 cm³/mol. The smallest absolute Gasteiger partial charge is 0.545 e. The van der Waals surface area contributed by atoms with Gasteiger partial charge in [-0.05, 0) is 0 Å². The van der Waals surface area contributed by atoms with E-state index in [1.54, 1.807) is 0 Å². The van der Waals surface area contributed by atoms with E-state index in [9.17, 15) is 19.8 Å². The van der Waals surface area contributed by atoms with Crippen LogP contribution in [0.3, 0.4) is 0 Å². The molecule has 0 aliphatic heterocycles. The molecule has 0 radical (unpaired) electrons. The summed E-state index contributed by atoms with van der Waals surface area (Å²) in [5, 5.41) is 20.6. The van der Waals surface area contributed by atoms with Crippen LogP contribution in [-0.2, 0) is 0 Å². The fraction of sp³-hybridized carbons (Fsp3) is 0. The second kappa shape index (κ2) is 5.23. The average molecular weight is 323 g/mol. The number of carboxylic acids is 2. The van der Waals surface area contributed by atoms with Gasteiger partial charge in [0.25, 0.3) is 0 Å². The maximum absolute atomic E-state index is 10.3. The standard InChI is InChI=1S/C8H6O4.Tb/c9-7(10)5-3-1-2-4-6(5)8(11)12;/h1-4H,(H,9,10)(H,11,12);/q;+3/p-2. The molecule has 0 aliphatic rings. The number of carbonyl (C=O) groups is 2. The molecule has 4 nitrogen and oxygen atoms in total. The number of carboxylic acid groups (broad SMARTS) is 2. The van der Waals surface area contributed by atoms with Crippen LogP contribution in [0.4, 0.5) is 0 Å². The van der Waals surface area contributed by atoms with Gasteiger partial charge in [-0.25, -0.2) is 0 Å². The third-order valence-corrected chi connectivity index (χ3v) is 1.37. The van der Waals surface area contributed by atoms with E-state index < -0.39 is 11.9 Å². The molecule has 0 amide bonds. The molecular formula is C8H4O4Tb+. The fourth-order valence-corrected chi connectivity index (χ4v) is 0.839. The van der Waals surface area contributed by atoms with Crippen molar-refractivity contribution in [3.63, 3.8) is 0 Å². The third-order valence-electron chi connectivity index (χ3n) is 1.37. The topological polar surface area (TPSA) is 80.3 Å². The summed E-state index contributed by atoms with van der Waals surface area (Å²) in [5.74, 6) is -3.04. The van der Waals surface area contributed by atoms with Crippen LogP contribution in [0.5, 0.6) is 0 Å². The van der Waals surface area contributed by atoms with Crippen LogP contribution in [0.25, 0.3) is 0 Å². The number of aromatic carboxylic acids is 2. The Morgan fingerprint density at radius 1 is 0.923 bits per heavy atom. The second-order valence-electron chi connectivity index (χ2n) is 2.12. The molecule has 0 aliphatic carbocycles. The van der Waals surface area contributed by atoms with Gasteiger partial charge < -0.3 is 19.8 Å². The minimum Gasteiger partial charge on any atom is -0.545 e. The molecule has 1 aromatic rings. The van der Waals surface area contributed by atoms with E-state index in [4.69, 9.17) is 0 Å². The zero-order valence-electron chi connectivity index (χ0n) is 6.28. The zero-order valence-corrected chi connectivity index (χ0v) is 8.41. The van der Waals surface area contributed by atoms with Crippen molar-refractivity contribution < 1.29 is 58.4 Å². The Bertz CT molecular complexity index is 302. The van der Waals surface area contributed by atoms with Crippen molar-refractivity contribution in [1.82, 2.24) is 0 Å². The van der Waals surface area contributed by atoms with Gasteiger partial charge in [0.1, 0.15) is 0 Å². The van der Waals surface area contributed by atoms with Crippen LogP contribution in [0.1, 0.15) is 20.7 Å². The number of benzene rings is 1. The van der Waals surface area contributed by atoms with Crippen molar-refractivity contribution in [3.05, 3.63) is 35.4 Å². The molecule has 1 rings (SSSR count). The monoisotopic (exact) mass is 323 g/mol. The van der Waals surface area contributed by atoms with Crippen LogP contribution >= 0.6 is 0 Å². The summed E-state index contributed by atoms with van der Waals surface area (Å²) in [4.78, 5) is 20.6. The van der Waals surface area contributed by atoms with E-state index in [-0.39, 0.29) is 49.7 Å². The van der Waals surface area contributed by atoms with Gasteiger partial charge in [-0.3, -0.25) is 0 Å². The summed E-state index contributed by atoms with van der Waals surface area (Å²) >= 11 is 0. The molecule has 0 atom stereocenters. The quantitative estimate of drug-likeness (QED) is 0.658. The van der Waals surface area contributed by atoms with Crippen molar-refractivity contribution in [2.24, 2.45) is 0 Å². The van der Waals surface area contributed by atoms with Crippen molar-refractivity contribution in [2.45, 2.75) is 0 Å². The van der Waals surface area contributed by atoms with Gasteiger partial charge in [0, 0.05) is 11.1 Å². The van der Waals surface area contributed by atoms with E-state index in [2.05, 4.69) is 0 Å². The summed E-state index contributed by atoms with van der Waals surface area (Å²) in [7, 11) is 0. The van der Waals surface area contributed by atoms with Crippen molar-refractivity contribution >= 4 is 11.9 Å². The molecule has 0 saturated carbocycles. The van der Waals surface area contributed by atoms with Gasteiger partial charge >= 0.3 is 38.6 Å². The van der Waals surface area contributed by atoms with Crippen LogP contribution in [0, 0.1) is 38.6 Å². The number of carbonyl (C=O) groups excluding carboxylic acids is 2. The molecule has 0 saturated heterocycles. The first-order valence-electron chi connectivity index (χ1n) is 3.14. The molecule has 1 aromatic carbocycles. The van der Waals surface area contributed by atoms with Crippen molar-refractivity contribution in [3.8, 4) is 0 Å². The van der Waals surface area contributed by atoms with E-state index in [1.165, 1.54) is 12.1 Å². The average Bonchev–Trinajstić information content (AvgIpc) is 2.04. The van der Waals surface area contributed by atoms with Gasteiger partial charge in [-0.1, -0.05) is 24.3 Å². The van der Waals surface area contributed by atoms with E-state index in [1.807, 2.05) is 0 Å². The Hall–Kier alpha value is -0.554. The Labute approximate surface area is 105 Å². The molecule has 13 heavy (non-hydrogen) atoms.